The Bertz CT molecular complexity index is 474. The molecule has 0 unspecified atom stereocenters. The van der Waals surface area contributed by atoms with E-state index in [0.29, 0.717) is 0 Å². The monoisotopic (exact) mass is 170 g/mol. The van der Waals surface area contributed by atoms with Crippen molar-refractivity contribution in [3.05, 3.63) is 35.5 Å². The van der Waals surface area contributed by atoms with Gasteiger partial charge in [-0.1, -0.05) is 6.92 Å². The van der Waals surface area contributed by atoms with Crippen LogP contribution in [0.4, 0.5) is 0 Å². The van der Waals surface area contributed by atoms with Gasteiger partial charge >= 0.3 is 0 Å². The third-order valence-corrected chi connectivity index (χ3v) is 2.25. The molecule has 0 aliphatic carbocycles. The van der Waals surface area contributed by atoms with Crippen molar-refractivity contribution in [3.63, 3.8) is 0 Å². The molecule has 13 heavy (non-hydrogen) atoms. The largest absolute Gasteiger partial charge is 0.361 e. The maximum Gasteiger partial charge on any atom is 0.0991 e. The van der Waals surface area contributed by atoms with Crippen LogP contribution < -0.4 is 0 Å². The molecule has 0 radical (unpaired) electrons. The van der Waals surface area contributed by atoms with Gasteiger partial charge in [-0.3, -0.25) is 0 Å². The number of fused-ring (bicyclic) bond motifs is 1. The van der Waals surface area contributed by atoms with E-state index in [9.17, 15) is 0 Å². The van der Waals surface area contributed by atoms with Gasteiger partial charge < -0.3 is 4.98 Å². The number of nitrogens with zero attached hydrogens (tertiary/aromatic N) is 1. The van der Waals surface area contributed by atoms with Crippen LogP contribution in [0, 0.1) is 11.3 Å². The second-order valence-corrected chi connectivity index (χ2v) is 3.04. The lowest BCUT2D eigenvalue weighted by Crippen LogP contribution is -1.85. The summed E-state index contributed by atoms with van der Waals surface area (Å²) in [5, 5.41) is 9.92. The Morgan fingerprint density at radius 3 is 3.00 bits per heavy atom. The van der Waals surface area contributed by atoms with E-state index in [1.54, 1.807) is 0 Å². The minimum Gasteiger partial charge on any atom is -0.361 e. The summed E-state index contributed by atoms with van der Waals surface area (Å²) in [7, 11) is 0. The summed E-state index contributed by atoms with van der Waals surface area (Å²) in [6, 6.07) is 8.02. The normalized spacial score (nSPS) is 10.2. The van der Waals surface area contributed by atoms with E-state index in [4.69, 9.17) is 5.26 Å². The molecule has 2 heteroatoms. The maximum atomic E-state index is 8.79. The number of aryl methyl sites for hydroxylation is 1. The lowest BCUT2D eigenvalue weighted by atomic mass is 10.1. The molecule has 0 bridgehead atoms. The molecule has 2 rings (SSSR count). The molecule has 2 aromatic rings. The Morgan fingerprint density at radius 1 is 1.46 bits per heavy atom. The van der Waals surface area contributed by atoms with E-state index in [-0.39, 0.29) is 0 Å². The molecular formula is C11H10N2. The highest BCUT2D eigenvalue weighted by Gasteiger charge is 2.02. The summed E-state index contributed by atoms with van der Waals surface area (Å²) < 4.78 is 0. The van der Waals surface area contributed by atoms with Gasteiger partial charge in [0.2, 0.25) is 0 Å². The van der Waals surface area contributed by atoms with Crippen LogP contribution in [0.2, 0.25) is 0 Å². The van der Waals surface area contributed by atoms with Gasteiger partial charge in [0.25, 0.3) is 0 Å². The fraction of sp³-hybridized carbons (Fsp3) is 0.182. The van der Waals surface area contributed by atoms with Crippen LogP contribution in [0.5, 0.6) is 0 Å². The number of nitrogens with one attached hydrogen (secondary N) is 1. The van der Waals surface area contributed by atoms with Crippen LogP contribution in [0.1, 0.15) is 18.1 Å². The molecule has 0 fully saturated rings. The summed E-state index contributed by atoms with van der Waals surface area (Å²) in [6.45, 7) is 2.09. The van der Waals surface area contributed by atoms with Gasteiger partial charge in [-0.15, -0.1) is 0 Å². The zero-order chi connectivity index (χ0) is 9.26. The van der Waals surface area contributed by atoms with E-state index in [2.05, 4.69) is 18.0 Å². The molecule has 0 saturated carbocycles. The van der Waals surface area contributed by atoms with Crippen LogP contribution in [-0.2, 0) is 6.42 Å². The molecule has 0 aliphatic rings. The first kappa shape index (κ1) is 7.88. The summed E-state index contributed by atoms with van der Waals surface area (Å²) in [4.78, 5) is 3.18. The highest BCUT2D eigenvalue weighted by Crippen LogP contribution is 2.19. The molecule has 0 amide bonds. The van der Waals surface area contributed by atoms with Gasteiger partial charge in [0, 0.05) is 17.1 Å². The SMILES string of the molecule is CCc1cc(C#N)cc2cc[nH]c12. The second-order valence-electron chi connectivity index (χ2n) is 3.04. The number of nitriles is 1. The molecule has 2 nitrogen and oxygen atoms in total. The third kappa shape index (κ3) is 1.19. The first-order chi connectivity index (χ1) is 6.35. The fourth-order valence-corrected chi connectivity index (χ4v) is 1.59. The van der Waals surface area contributed by atoms with Crippen LogP contribution in [0.3, 0.4) is 0 Å². The number of aromatic amines is 1. The van der Waals surface area contributed by atoms with Crippen molar-refractivity contribution in [1.82, 2.24) is 4.98 Å². The highest BCUT2D eigenvalue weighted by atomic mass is 14.7. The van der Waals surface area contributed by atoms with E-state index in [1.807, 2.05) is 24.4 Å². The fourth-order valence-electron chi connectivity index (χ4n) is 1.59. The molecule has 1 N–H and O–H groups in total. The van der Waals surface area contributed by atoms with E-state index < -0.39 is 0 Å². The van der Waals surface area contributed by atoms with Crippen molar-refractivity contribution in [2.24, 2.45) is 0 Å². The Labute approximate surface area is 76.8 Å². The standard InChI is InChI=1S/C11H10N2/c1-2-9-5-8(7-12)6-10-3-4-13-11(9)10/h3-6,13H,2H2,1H3. The minimum atomic E-state index is 0.740. The van der Waals surface area contributed by atoms with Crippen molar-refractivity contribution < 1.29 is 0 Å². The zero-order valence-corrected chi connectivity index (χ0v) is 7.46. The van der Waals surface area contributed by atoms with Gasteiger partial charge in [0.05, 0.1) is 11.6 Å². The van der Waals surface area contributed by atoms with E-state index >= 15 is 0 Å². The topological polar surface area (TPSA) is 39.6 Å². The Morgan fingerprint density at radius 2 is 2.31 bits per heavy atom. The van der Waals surface area contributed by atoms with Crippen molar-refractivity contribution in [2.45, 2.75) is 13.3 Å². The Kier molecular flexibility index (Phi) is 1.79. The van der Waals surface area contributed by atoms with Crippen molar-refractivity contribution in [2.75, 3.05) is 0 Å². The van der Waals surface area contributed by atoms with E-state index in [0.717, 1.165) is 22.9 Å². The zero-order valence-electron chi connectivity index (χ0n) is 7.46. The number of hydrogen-bond donors (Lipinski definition) is 1. The number of rotatable bonds is 1. The molecule has 0 spiro atoms. The van der Waals surface area contributed by atoms with Crippen molar-refractivity contribution >= 4 is 10.9 Å². The molecule has 1 heterocycles. The first-order valence-corrected chi connectivity index (χ1v) is 4.35. The smallest absolute Gasteiger partial charge is 0.0991 e. The van der Waals surface area contributed by atoms with Crippen molar-refractivity contribution in [1.29, 1.82) is 5.26 Å². The lowest BCUT2D eigenvalue weighted by Gasteiger charge is -1.99. The average molecular weight is 170 g/mol. The number of benzene rings is 1. The molecular weight excluding hydrogens is 160 g/mol. The van der Waals surface area contributed by atoms with E-state index in [1.165, 1.54) is 5.56 Å². The number of aromatic nitrogens is 1. The Balaban J connectivity index is 2.79. The summed E-state index contributed by atoms with van der Waals surface area (Å²) in [5.74, 6) is 0. The predicted octanol–water partition coefficient (Wildman–Crippen LogP) is 2.60. The molecule has 0 aliphatic heterocycles. The molecule has 1 aromatic heterocycles. The highest BCUT2D eigenvalue weighted by molar-refractivity contribution is 5.84. The number of hydrogen-bond acceptors (Lipinski definition) is 1. The van der Waals surface area contributed by atoms with Gasteiger partial charge in [-0.25, -0.2) is 0 Å². The second kappa shape index (κ2) is 2.95. The van der Waals surface area contributed by atoms with Crippen LogP contribution in [-0.4, -0.2) is 4.98 Å². The first-order valence-electron chi connectivity index (χ1n) is 4.35. The van der Waals surface area contributed by atoms with Crippen LogP contribution in [0.25, 0.3) is 10.9 Å². The summed E-state index contributed by atoms with van der Waals surface area (Å²) in [5.41, 5.74) is 3.10. The van der Waals surface area contributed by atoms with Gasteiger partial charge in [-0.05, 0) is 30.2 Å². The molecule has 0 saturated heterocycles. The third-order valence-electron chi connectivity index (χ3n) is 2.25. The van der Waals surface area contributed by atoms with Gasteiger partial charge in [0.15, 0.2) is 0 Å². The maximum absolute atomic E-state index is 8.79. The van der Waals surface area contributed by atoms with Gasteiger partial charge in [-0.2, -0.15) is 5.26 Å². The summed E-state index contributed by atoms with van der Waals surface area (Å²) >= 11 is 0. The molecule has 64 valence electrons. The molecule has 0 atom stereocenters. The van der Waals surface area contributed by atoms with Gasteiger partial charge in [0.1, 0.15) is 0 Å². The van der Waals surface area contributed by atoms with Crippen molar-refractivity contribution in [3.8, 4) is 6.07 Å². The van der Waals surface area contributed by atoms with Crippen LogP contribution >= 0.6 is 0 Å². The quantitative estimate of drug-likeness (QED) is 0.702. The van der Waals surface area contributed by atoms with Crippen LogP contribution in [0.15, 0.2) is 24.4 Å². The average Bonchev–Trinajstić information content (AvgIpc) is 2.63. The lowest BCUT2D eigenvalue weighted by molar-refractivity contribution is 1.15. The number of H-pyrrole nitrogens is 1. The Hall–Kier alpha value is -1.75. The molecule has 1 aromatic carbocycles. The minimum absolute atomic E-state index is 0.740. The predicted molar refractivity (Wildman–Crippen MR) is 52.4 cm³/mol. The summed E-state index contributed by atoms with van der Waals surface area (Å²) in [6.07, 6.45) is 2.86.